The largest absolute Gasteiger partial charge is 0.497 e. The minimum absolute atomic E-state index is 0.0734. The predicted molar refractivity (Wildman–Crippen MR) is 165 cm³/mol. The van der Waals surface area contributed by atoms with Gasteiger partial charge in [0.05, 0.1) is 12.7 Å². The summed E-state index contributed by atoms with van der Waals surface area (Å²) in [6.45, 7) is 2.47. The molecule has 2 saturated heterocycles. The zero-order valence-corrected chi connectivity index (χ0v) is 25.9. The summed E-state index contributed by atoms with van der Waals surface area (Å²) >= 11 is 6.14. The lowest BCUT2D eigenvalue weighted by Crippen LogP contribution is -2.52. The Labute approximate surface area is 269 Å². The number of ether oxygens (including phenoxy) is 1. The first kappa shape index (κ1) is 31.8. The van der Waals surface area contributed by atoms with Gasteiger partial charge in [-0.3, -0.25) is 19.7 Å². The van der Waals surface area contributed by atoms with Crippen LogP contribution >= 0.6 is 11.6 Å². The summed E-state index contributed by atoms with van der Waals surface area (Å²) in [4.78, 5) is 44.3. The molecule has 1 atom stereocenters. The minimum atomic E-state index is -4.58. The van der Waals surface area contributed by atoms with Crippen molar-refractivity contribution in [2.45, 2.75) is 51.0 Å². The summed E-state index contributed by atoms with van der Waals surface area (Å²) < 4.78 is 47.8. The number of hydrogen-bond donors (Lipinski definition) is 2. The molecule has 0 radical (unpaired) electrons. The third-order valence-corrected chi connectivity index (χ3v) is 9.09. The molecule has 6 rings (SSSR count). The first-order chi connectivity index (χ1) is 22.0. The molecule has 3 amide bonds. The normalized spacial score (nSPS) is 19.0. The van der Waals surface area contributed by atoms with Crippen LogP contribution in [0, 0.1) is 5.92 Å². The number of pyridine rings is 1. The average Bonchev–Trinajstić information content (AvgIpc) is 3.35. The fraction of sp³-hybridized carbons (Fsp3) is 0.394. The van der Waals surface area contributed by atoms with E-state index in [2.05, 4.69) is 15.6 Å². The van der Waals surface area contributed by atoms with Gasteiger partial charge in [-0.05, 0) is 78.7 Å². The van der Waals surface area contributed by atoms with Gasteiger partial charge >= 0.3 is 6.18 Å². The molecule has 242 valence electrons. The maximum absolute atomic E-state index is 14.2. The van der Waals surface area contributed by atoms with Gasteiger partial charge in [-0.15, -0.1) is 0 Å². The number of nitrogens with zero attached hydrogens (tertiary/aromatic N) is 3. The van der Waals surface area contributed by atoms with Crippen LogP contribution in [-0.2, 0) is 28.9 Å². The fourth-order valence-corrected chi connectivity index (χ4v) is 6.66. The van der Waals surface area contributed by atoms with Gasteiger partial charge in [-0.1, -0.05) is 23.7 Å². The van der Waals surface area contributed by atoms with E-state index >= 15 is 0 Å². The average molecular weight is 656 g/mol. The summed E-state index contributed by atoms with van der Waals surface area (Å²) in [6, 6.07) is 10.9. The Balaban J connectivity index is 1.04. The number of alkyl halides is 3. The minimum Gasteiger partial charge on any atom is -0.497 e. The number of carbonyl (C=O) groups is 3. The number of methoxy groups -OCH3 is 1. The summed E-state index contributed by atoms with van der Waals surface area (Å²) in [5, 5.41) is 6.12. The van der Waals surface area contributed by atoms with Gasteiger partial charge in [0.25, 0.3) is 5.91 Å². The monoisotopic (exact) mass is 655 g/mol. The van der Waals surface area contributed by atoms with Crippen LogP contribution in [0.3, 0.4) is 0 Å². The lowest BCUT2D eigenvalue weighted by molar-refractivity contribution is -0.138. The third-order valence-electron chi connectivity index (χ3n) is 8.88. The number of amides is 3. The van der Waals surface area contributed by atoms with Gasteiger partial charge < -0.3 is 19.9 Å². The van der Waals surface area contributed by atoms with Gasteiger partial charge in [0.2, 0.25) is 11.8 Å². The molecule has 13 heteroatoms. The van der Waals surface area contributed by atoms with Crippen molar-refractivity contribution in [1.29, 1.82) is 0 Å². The fourth-order valence-electron chi connectivity index (χ4n) is 6.43. The van der Waals surface area contributed by atoms with E-state index in [-0.39, 0.29) is 30.0 Å². The molecule has 3 aromatic rings. The Morgan fingerprint density at radius 1 is 1.04 bits per heavy atom. The van der Waals surface area contributed by atoms with Crippen LogP contribution in [0.25, 0.3) is 11.1 Å². The Bertz CT molecular complexity index is 1680. The van der Waals surface area contributed by atoms with E-state index in [1.165, 1.54) is 18.2 Å². The number of fused-ring (bicyclic) bond motifs is 1. The number of hydrogen-bond acceptors (Lipinski definition) is 7. The summed E-state index contributed by atoms with van der Waals surface area (Å²) in [5.74, 6) is -0.320. The number of piperidine rings is 2. The van der Waals surface area contributed by atoms with Crippen molar-refractivity contribution in [3.63, 3.8) is 0 Å². The van der Waals surface area contributed by atoms with Gasteiger partial charge in [0, 0.05) is 54.9 Å². The number of benzene rings is 2. The third kappa shape index (κ3) is 6.68. The molecule has 9 nitrogen and oxygen atoms in total. The number of halogens is 4. The van der Waals surface area contributed by atoms with Crippen LogP contribution in [0.1, 0.15) is 52.7 Å². The van der Waals surface area contributed by atoms with Crippen molar-refractivity contribution in [3.05, 3.63) is 75.9 Å². The Kier molecular flexibility index (Phi) is 8.93. The lowest BCUT2D eigenvalue weighted by atomic mass is 9.96. The molecule has 0 aliphatic carbocycles. The molecule has 3 aliphatic heterocycles. The molecule has 0 spiro atoms. The summed E-state index contributed by atoms with van der Waals surface area (Å²) in [5.41, 5.74) is 2.40. The van der Waals surface area contributed by atoms with E-state index in [0.717, 1.165) is 17.2 Å². The Hall–Kier alpha value is -4.16. The smallest absolute Gasteiger partial charge is 0.419 e. The van der Waals surface area contributed by atoms with Crippen LogP contribution in [-0.4, -0.2) is 60.4 Å². The maximum Gasteiger partial charge on any atom is 0.419 e. The molecular formula is C33H33ClF3N5O4. The summed E-state index contributed by atoms with van der Waals surface area (Å²) in [7, 11) is 1.47. The SMILES string of the molecule is COc1cc(Cl)cc(-c2cnc(N3CCC(CNCc4ccc5c(c4)CN(C4CCC(=O)NC4=O)C5=O)CC3)c(C(F)(F)F)c2)c1. The number of aromatic nitrogens is 1. The van der Waals surface area contributed by atoms with Gasteiger partial charge in [0.1, 0.15) is 17.6 Å². The molecule has 3 aliphatic rings. The quantitative estimate of drug-likeness (QED) is 0.322. The molecule has 4 heterocycles. The van der Waals surface area contributed by atoms with E-state index in [4.69, 9.17) is 16.3 Å². The molecule has 1 aromatic heterocycles. The molecule has 0 saturated carbocycles. The first-order valence-electron chi connectivity index (χ1n) is 15.1. The topological polar surface area (TPSA) is 104 Å². The zero-order valence-electron chi connectivity index (χ0n) is 25.1. The molecular weight excluding hydrogens is 623 g/mol. The number of rotatable bonds is 8. The Morgan fingerprint density at radius 3 is 2.54 bits per heavy atom. The zero-order chi connectivity index (χ0) is 32.6. The number of nitrogens with one attached hydrogen (secondary N) is 2. The van der Waals surface area contributed by atoms with E-state index in [1.54, 1.807) is 29.2 Å². The highest BCUT2D eigenvalue weighted by atomic mass is 35.5. The van der Waals surface area contributed by atoms with E-state index in [9.17, 15) is 27.6 Å². The van der Waals surface area contributed by atoms with Crippen LogP contribution in [0.2, 0.25) is 5.02 Å². The predicted octanol–water partition coefficient (Wildman–Crippen LogP) is 5.20. The molecule has 46 heavy (non-hydrogen) atoms. The van der Waals surface area contributed by atoms with E-state index in [0.29, 0.717) is 79.4 Å². The second-order valence-corrected chi connectivity index (χ2v) is 12.4. The van der Waals surface area contributed by atoms with Gasteiger partial charge in [0.15, 0.2) is 0 Å². The Morgan fingerprint density at radius 2 is 1.83 bits per heavy atom. The van der Waals surface area contributed by atoms with Crippen molar-refractivity contribution in [2.24, 2.45) is 5.92 Å². The highest BCUT2D eigenvalue weighted by molar-refractivity contribution is 6.31. The highest BCUT2D eigenvalue weighted by Crippen LogP contribution is 2.40. The molecule has 2 N–H and O–H groups in total. The number of carbonyl (C=O) groups excluding carboxylic acids is 3. The number of anilines is 1. The summed E-state index contributed by atoms with van der Waals surface area (Å²) in [6.07, 6.45) is -1.21. The second kappa shape index (κ2) is 12.9. The highest BCUT2D eigenvalue weighted by Gasteiger charge is 2.39. The van der Waals surface area contributed by atoms with Gasteiger partial charge in [-0.2, -0.15) is 13.2 Å². The van der Waals surface area contributed by atoms with Crippen molar-refractivity contribution in [3.8, 4) is 16.9 Å². The number of imide groups is 1. The molecule has 2 fully saturated rings. The van der Waals surface area contributed by atoms with Gasteiger partial charge in [-0.25, -0.2) is 4.98 Å². The van der Waals surface area contributed by atoms with E-state index < -0.39 is 23.7 Å². The van der Waals surface area contributed by atoms with Crippen molar-refractivity contribution >= 4 is 35.1 Å². The van der Waals surface area contributed by atoms with Crippen molar-refractivity contribution in [1.82, 2.24) is 20.5 Å². The first-order valence-corrected chi connectivity index (χ1v) is 15.5. The van der Waals surface area contributed by atoms with Crippen LogP contribution in [0.4, 0.5) is 19.0 Å². The molecule has 1 unspecified atom stereocenters. The van der Waals surface area contributed by atoms with E-state index in [1.807, 2.05) is 12.1 Å². The lowest BCUT2D eigenvalue weighted by Gasteiger charge is -2.34. The standard InChI is InChI=1S/C33H33ClF3N5O4/c1-46-25-12-21(11-24(34)14-25)22-13-27(33(35,36)37)30(39-17-22)41-8-6-19(7-9-41)15-38-16-20-2-3-26-23(10-20)18-42(32(26)45)28-4-5-29(43)40-31(28)44/h2-3,10-14,17,19,28,38H,4-9,15-16,18H2,1H3,(H,40,43,44). The van der Waals surface area contributed by atoms with Crippen molar-refractivity contribution < 1.29 is 32.3 Å². The van der Waals surface area contributed by atoms with Crippen molar-refractivity contribution in [2.75, 3.05) is 31.6 Å². The van der Waals surface area contributed by atoms with Crippen LogP contribution in [0.5, 0.6) is 5.75 Å². The molecule has 2 aromatic carbocycles. The maximum atomic E-state index is 14.2. The van der Waals surface area contributed by atoms with Crippen LogP contribution in [0.15, 0.2) is 48.7 Å². The second-order valence-electron chi connectivity index (χ2n) is 11.9. The molecule has 0 bridgehead atoms. The van der Waals surface area contributed by atoms with Crippen LogP contribution < -0.4 is 20.3 Å².